The third kappa shape index (κ3) is 5.22. The molecule has 4 aromatic rings. The minimum Gasteiger partial charge on any atom is -0.454 e. The van der Waals surface area contributed by atoms with Crippen LogP contribution in [0.15, 0.2) is 83.0 Å². The van der Waals surface area contributed by atoms with Crippen molar-refractivity contribution in [3.05, 3.63) is 88.5 Å². The molecule has 0 aromatic heterocycles. The Balaban J connectivity index is 1.69. The second-order valence-corrected chi connectivity index (χ2v) is 8.09. The van der Waals surface area contributed by atoms with Crippen LogP contribution in [0.2, 0.25) is 0 Å². The number of hydrogen-bond acceptors (Lipinski definition) is 7. The van der Waals surface area contributed by atoms with Crippen LogP contribution in [0.3, 0.4) is 0 Å². The smallest absolute Gasteiger partial charge is 0.269 e. The quantitative estimate of drug-likeness (QED) is 0.123. The van der Waals surface area contributed by atoms with Crippen LogP contribution in [0, 0.1) is 17.0 Å². The summed E-state index contributed by atoms with van der Waals surface area (Å²) in [4.78, 5) is 12.7. The summed E-state index contributed by atoms with van der Waals surface area (Å²) in [6.07, 6.45) is 0. The molecule has 4 rings (SSSR count). The Morgan fingerprint density at radius 1 is 0.943 bits per heavy atom. The molecule has 0 atom stereocenters. The predicted octanol–water partition coefficient (Wildman–Crippen LogP) is 7.69. The third-order valence-electron chi connectivity index (χ3n) is 5.85. The molecule has 0 unspecified atom stereocenters. The van der Waals surface area contributed by atoms with Gasteiger partial charge in [-0.3, -0.25) is 10.1 Å². The number of rotatable bonds is 8. The number of nitrogens with two attached hydrogens (primary N) is 1. The number of anilines is 2. The number of ether oxygens (including phenoxy) is 1. The number of azo groups is 1. The maximum Gasteiger partial charge on any atom is 0.269 e. The summed E-state index contributed by atoms with van der Waals surface area (Å²) in [6, 6.07) is 21.7. The number of non-ortho nitro benzene ring substituents is 1. The molecule has 2 N–H and O–H groups in total. The fourth-order valence-electron chi connectivity index (χ4n) is 3.84. The van der Waals surface area contributed by atoms with Gasteiger partial charge in [-0.05, 0) is 74.2 Å². The molecule has 0 bridgehead atoms. The zero-order valence-corrected chi connectivity index (χ0v) is 19.9. The average molecular weight is 470 g/mol. The van der Waals surface area contributed by atoms with E-state index in [0.717, 1.165) is 35.1 Å². The van der Waals surface area contributed by atoms with E-state index >= 15 is 0 Å². The Morgan fingerprint density at radius 3 is 2.37 bits per heavy atom. The molecular formula is C27H27N5O3. The fourth-order valence-corrected chi connectivity index (χ4v) is 3.84. The second-order valence-electron chi connectivity index (χ2n) is 8.09. The minimum atomic E-state index is -0.453. The van der Waals surface area contributed by atoms with Crippen LogP contribution >= 0.6 is 0 Å². The molecule has 0 fully saturated rings. The summed E-state index contributed by atoms with van der Waals surface area (Å²) < 4.78 is 6.31. The first-order chi connectivity index (χ1) is 16.9. The molecule has 4 aromatic carbocycles. The molecule has 0 saturated heterocycles. The highest BCUT2D eigenvalue weighted by Crippen LogP contribution is 2.39. The molecule has 8 heteroatoms. The zero-order chi connectivity index (χ0) is 24.9. The normalized spacial score (nSPS) is 11.2. The van der Waals surface area contributed by atoms with E-state index in [4.69, 9.17) is 10.5 Å². The van der Waals surface area contributed by atoms with Gasteiger partial charge in [0.05, 0.1) is 10.6 Å². The van der Waals surface area contributed by atoms with Gasteiger partial charge in [-0.2, -0.15) is 5.11 Å². The molecule has 0 heterocycles. The summed E-state index contributed by atoms with van der Waals surface area (Å²) in [5.41, 5.74) is 9.75. The van der Waals surface area contributed by atoms with Crippen molar-refractivity contribution < 1.29 is 9.66 Å². The number of benzene rings is 4. The van der Waals surface area contributed by atoms with E-state index in [0.29, 0.717) is 28.6 Å². The fraction of sp³-hybridized carbons (Fsp3) is 0.185. The monoisotopic (exact) mass is 469 g/mol. The SMILES string of the molecule is CCN(CC)c1ccc2c(Oc3cc(N)c(C)cc3N=Nc3ccc([N+](=O)[O-])cc3)cccc2c1. The van der Waals surface area contributed by atoms with E-state index in [9.17, 15) is 10.1 Å². The van der Waals surface area contributed by atoms with Gasteiger partial charge in [0.2, 0.25) is 0 Å². The lowest BCUT2D eigenvalue weighted by Crippen LogP contribution is -2.21. The van der Waals surface area contributed by atoms with Crippen molar-refractivity contribution in [2.45, 2.75) is 20.8 Å². The molecule has 0 aliphatic carbocycles. The molecule has 0 amide bonds. The van der Waals surface area contributed by atoms with Gasteiger partial charge in [0.15, 0.2) is 5.75 Å². The van der Waals surface area contributed by atoms with Crippen molar-refractivity contribution in [3.8, 4) is 11.5 Å². The summed E-state index contributed by atoms with van der Waals surface area (Å²) in [5.74, 6) is 1.16. The van der Waals surface area contributed by atoms with Crippen molar-refractivity contribution in [2.24, 2.45) is 10.2 Å². The maximum atomic E-state index is 10.9. The Labute approximate surface area is 203 Å². The largest absolute Gasteiger partial charge is 0.454 e. The second kappa shape index (κ2) is 10.2. The summed E-state index contributed by atoms with van der Waals surface area (Å²) in [6.45, 7) is 8.04. The van der Waals surface area contributed by atoms with Crippen LogP contribution in [0.25, 0.3) is 10.8 Å². The minimum absolute atomic E-state index is 0.00333. The first kappa shape index (κ1) is 23.7. The molecule has 178 valence electrons. The highest BCUT2D eigenvalue weighted by Gasteiger charge is 2.12. The highest BCUT2D eigenvalue weighted by atomic mass is 16.6. The zero-order valence-electron chi connectivity index (χ0n) is 19.9. The van der Waals surface area contributed by atoms with Crippen LogP contribution in [-0.2, 0) is 0 Å². The lowest BCUT2D eigenvalue weighted by Gasteiger charge is -2.21. The van der Waals surface area contributed by atoms with Crippen LogP contribution < -0.4 is 15.4 Å². The first-order valence-corrected chi connectivity index (χ1v) is 11.4. The van der Waals surface area contributed by atoms with E-state index in [-0.39, 0.29) is 5.69 Å². The van der Waals surface area contributed by atoms with Crippen molar-refractivity contribution in [3.63, 3.8) is 0 Å². The third-order valence-corrected chi connectivity index (χ3v) is 5.85. The molecule has 35 heavy (non-hydrogen) atoms. The van der Waals surface area contributed by atoms with E-state index in [2.05, 4.69) is 53.2 Å². The molecule has 0 aliphatic heterocycles. The van der Waals surface area contributed by atoms with Gasteiger partial charge in [-0.1, -0.05) is 12.1 Å². The molecular weight excluding hydrogens is 442 g/mol. The van der Waals surface area contributed by atoms with Gasteiger partial charge in [-0.25, -0.2) is 0 Å². The Hall–Kier alpha value is -4.46. The molecule has 0 saturated carbocycles. The van der Waals surface area contributed by atoms with Gasteiger partial charge >= 0.3 is 0 Å². The van der Waals surface area contributed by atoms with Crippen LogP contribution in [0.1, 0.15) is 19.4 Å². The number of nitrogen functional groups attached to an aromatic ring is 1. The molecule has 0 spiro atoms. The topological polar surface area (TPSA) is 106 Å². The summed E-state index contributed by atoms with van der Waals surface area (Å²) >= 11 is 0. The van der Waals surface area contributed by atoms with E-state index in [1.807, 2.05) is 25.1 Å². The number of nitro benzene ring substituents is 1. The van der Waals surface area contributed by atoms with Crippen molar-refractivity contribution in [2.75, 3.05) is 23.7 Å². The van der Waals surface area contributed by atoms with E-state index < -0.39 is 4.92 Å². The van der Waals surface area contributed by atoms with Crippen molar-refractivity contribution in [1.29, 1.82) is 0 Å². The van der Waals surface area contributed by atoms with Crippen LogP contribution in [0.5, 0.6) is 11.5 Å². The van der Waals surface area contributed by atoms with Gasteiger partial charge < -0.3 is 15.4 Å². The van der Waals surface area contributed by atoms with Crippen LogP contribution in [-0.4, -0.2) is 18.0 Å². The number of aryl methyl sites for hydroxylation is 1. The van der Waals surface area contributed by atoms with Gasteiger partial charge in [0.1, 0.15) is 11.4 Å². The van der Waals surface area contributed by atoms with Gasteiger partial charge in [-0.15, -0.1) is 5.11 Å². The number of hydrogen-bond donors (Lipinski definition) is 1. The summed E-state index contributed by atoms with van der Waals surface area (Å²) in [7, 11) is 0. The maximum absolute atomic E-state index is 10.9. The standard InChI is InChI=1S/C27H27N5O3/c1-4-31(5-2)22-13-14-23-19(16-22)7-6-8-26(23)35-27-17-24(28)18(3)15-25(27)30-29-20-9-11-21(12-10-20)32(33)34/h6-17H,4-5,28H2,1-3H3. The molecule has 8 nitrogen and oxygen atoms in total. The van der Waals surface area contributed by atoms with E-state index in [1.54, 1.807) is 18.2 Å². The van der Waals surface area contributed by atoms with Crippen molar-refractivity contribution in [1.82, 2.24) is 0 Å². The highest BCUT2D eigenvalue weighted by molar-refractivity contribution is 5.91. The van der Waals surface area contributed by atoms with Crippen molar-refractivity contribution >= 4 is 39.2 Å². The van der Waals surface area contributed by atoms with Gasteiger partial charge in [0.25, 0.3) is 5.69 Å². The molecule has 0 radical (unpaired) electrons. The Morgan fingerprint density at radius 2 is 1.69 bits per heavy atom. The number of nitrogens with zero attached hydrogens (tertiary/aromatic N) is 4. The average Bonchev–Trinajstić information content (AvgIpc) is 2.86. The van der Waals surface area contributed by atoms with Crippen LogP contribution in [0.4, 0.5) is 28.4 Å². The lowest BCUT2D eigenvalue weighted by molar-refractivity contribution is -0.384. The van der Waals surface area contributed by atoms with E-state index in [1.165, 1.54) is 12.1 Å². The number of fused-ring (bicyclic) bond motifs is 1. The summed E-state index contributed by atoms with van der Waals surface area (Å²) in [5, 5.41) is 21.5. The lowest BCUT2D eigenvalue weighted by atomic mass is 10.1. The number of nitro groups is 1. The van der Waals surface area contributed by atoms with Gasteiger partial charge in [0, 0.05) is 48.0 Å². The molecule has 0 aliphatic rings. The Bertz CT molecular complexity index is 1400. The predicted molar refractivity (Wildman–Crippen MR) is 140 cm³/mol. The first-order valence-electron chi connectivity index (χ1n) is 11.4. The Kier molecular flexibility index (Phi) is 6.91.